The fraction of sp³-hybridized carbons (Fsp3) is 0.684. The van der Waals surface area contributed by atoms with E-state index in [0.29, 0.717) is 11.9 Å². The molecule has 1 amide bonds. The van der Waals surface area contributed by atoms with Crippen LogP contribution in [0.1, 0.15) is 65.5 Å². The molecule has 24 heavy (non-hydrogen) atoms. The molecule has 2 rings (SSSR count). The van der Waals surface area contributed by atoms with E-state index in [1.54, 1.807) is 4.90 Å². The molecule has 1 aliphatic heterocycles. The molecule has 1 aliphatic rings. The van der Waals surface area contributed by atoms with E-state index in [0.717, 1.165) is 13.0 Å². The second kappa shape index (κ2) is 7.51. The van der Waals surface area contributed by atoms with Gasteiger partial charge in [-0.15, -0.1) is 0 Å². The summed E-state index contributed by atoms with van der Waals surface area (Å²) in [5.74, 6) is 0.640. The molecule has 1 atom stereocenters. The molecule has 5 heteroatoms. The highest BCUT2D eigenvalue weighted by Crippen LogP contribution is 2.30. The van der Waals surface area contributed by atoms with Crippen LogP contribution in [0.2, 0.25) is 0 Å². The van der Waals surface area contributed by atoms with Crippen molar-refractivity contribution in [1.29, 1.82) is 0 Å². The molecule has 134 valence electrons. The number of carbonyl (C=O) groups excluding carboxylic acids is 1. The van der Waals surface area contributed by atoms with Crippen molar-refractivity contribution in [3.05, 3.63) is 23.9 Å². The van der Waals surface area contributed by atoms with Gasteiger partial charge in [0.25, 0.3) is 0 Å². The van der Waals surface area contributed by atoms with Gasteiger partial charge in [-0.2, -0.15) is 0 Å². The van der Waals surface area contributed by atoms with Gasteiger partial charge >= 0.3 is 6.09 Å². The lowest BCUT2D eigenvalue weighted by Gasteiger charge is -2.33. The van der Waals surface area contributed by atoms with Gasteiger partial charge in [-0.25, -0.2) is 9.78 Å². The number of anilines is 1. The highest BCUT2D eigenvalue weighted by molar-refractivity contribution is 5.87. The molecule has 0 spiro atoms. The van der Waals surface area contributed by atoms with E-state index >= 15 is 0 Å². The van der Waals surface area contributed by atoms with Crippen molar-refractivity contribution < 1.29 is 9.53 Å². The fourth-order valence-corrected chi connectivity index (χ4v) is 3.11. The average Bonchev–Trinajstić information content (AvgIpc) is 2.46. The standard InChI is InChI=1S/C19H31N3O2/c1-14(2)22(18(23)24-19(3,4)5)17-11-10-15(13-20-17)16-9-7-8-12-21(16)6/h10-11,13-14,16H,7-9,12H2,1-6H3. The van der Waals surface area contributed by atoms with Crippen molar-refractivity contribution in [2.45, 2.75) is 71.6 Å². The van der Waals surface area contributed by atoms with E-state index in [-0.39, 0.29) is 12.1 Å². The van der Waals surface area contributed by atoms with E-state index in [1.807, 2.05) is 46.9 Å². The molecule has 1 saturated heterocycles. The number of ether oxygens (including phenoxy) is 1. The second-order valence-electron chi connectivity index (χ2n) is 7.89. The lowest BCUT2D eigenvalue weighted by Crippen LogP contribution is -2.41. The van der Waals surface area contributed by atoms with Gasteiger partial charge in [0, 0.05) is 18.3 Å². The SMILES string of the molecule is CC(C)N(C(=O)OC(C)(C)C)c1ccc(C2CCCCN2C)cn1. The second-order valence-corrected chi connectivity index (χ2v) is 7.89. The summed E-state index contributed by atoms with van der Waals surface area (Å²) in [6.45, 7) is 10.7. The maximum atomic E-state index is 12.5. The molecule has 0 saturated carbocycles. The van der Waals surface area contributed by atoms with Crippen LogP contribution in [0.3, 0.4) is 0 Å². The third-order valence-corrected chi connectivity index (χ3v) is 4.28. The third-order valence-electron chi connectivity index (χ3n) is 4.28. The van der Waals surface area contributed by atoms with Crippen molar-refractivity contribution in [2.75, 3.05) is 18.5 Å². The molecule has 0 aliphatic carbocycles. The van der Waals surface area contributed by atoms with E-state index in [2.05, 4.69) is 23.0 Å². The summed E-state index contributed by atoms with van der Waals surface area (Å²) < 4.78 is 5.52. The van der Waals surface area contributed by atoms with Crippen molar-refractivity contribution in [1.82, 2.24) is 9.88 Å². The Labute approximate surface area is 146 Å². The van der Waals surface area contributed by atoms with E-state index in [1.165, 1.54) is 18.4 Å². The van der Waals surface area contributed by atoms with E-state index in [4.69, 9.17) is 4.74 Å². The van der Waals surface area contributed by atoms with Crippen LogP contribution in [0, 0.1) is 0 Å². The first-order valence-electron chi connectivity index (χ1n) is 8.87. The Morgan fingerprint density at radius 2 is 2.04 bits per heavy atom. The molecule has 5 nitrogen and oxygen atoms in total. The fourth-order valence-electron chi connectivity index (χ4n) is 3.11. The minimum Gasteiger partial charge on any atom is -0.443 e. The number of hydrogen-bond acceptors (Lipinski definition) is 4. The predicted molar refractivity (Wildman–Crippen MR) is 97.3 cm³/mol. The molecule has 0 bridgehead atoms. The number of pyridine rings is 1. The van der Waals surface area contributed by atoms with Gasteiger partial charge in [-0.3, -0.25) is 9.80 Å². The molecule has 1 unspecified atom stereocenters. The van der Waals surface area contributed by atoms with Crippen LogP contribution in [0.5, 0.6) is 0 Å². The first-order chi connectivity index (χ1) is 11.2. The minimum absolute atomic E-state index is 0.0180. The smallest absolute Gasteiger partial charge is 0.416 e. The van der Waals surface area contributed by atoms with Crippen molar-refractivity contribution in [3.63, 3.8) is 0 Å². The van der Waals surface area contributed by atoms with Crippen LogP contribution >= 0.6 is 0 Å². The van der Waals surface area contributed by atoms with Crippen LogP contribution in [-0.4, -0.2) is 41.2 Å². The predicted octanol–water partition coefficient (Wildman–Crippen LogP) is 4.39. The summed E-state index contributed by atoms with van der Waals surface area (Å²) >= 11 is 0. The molecule has 0 aromatic carbocycles. The summed E-state index contributed by atoms with van der Waals surface area (Å²) in [5.41, 5.74) is 0.698. The summed E-state index contributed by atoms with van der Waals surface area (Å²) in [6.07, 6.45) is 5.23. The van der Waals surface area contributed by atoms with Crippen LogP contribution in [0.15, 0.2) is 18.3 Å². The molecule has 1 aromatic heterocycles. The molecule has 2 heterocycles. The number of nitrogens with zero attached hydrogens (tertiary/aromatic N) is 3. The first-order valence-corrected chi connectivity index (χ1v) is 8.87. The molecule has 0 N–H and O–H groups in total. The molecule has 0 radical (unpaired) electrons. The molecular weight excluding hydrogens is 302 g/mol. The number of rotatable bonds is 3. The number of piperidine rings is 1. The highest BCUT2D eigenvalue weighted by Gasteiger charge is 2.27. The van der Waals surface area contributed by atoms with E-state index in [9.17, 15) is 4.79 Å². The zero-order valence-corrected chi connectivity index (χ0v) is 15.9. The number of carbonyl (C=O) groups is 1. The normalized spacial score (nSPS) is 19.4. The lowest BCUT2D eigenvalue weighted by atomic mass is 9.97. The van der Waals surface area contributed by atoms with Crippen molar-refractivity contribution >= 4 is 11.9 Å². The van der Waals surface area contributed by atoms with Gasteiger partial charge in [-0.05, 0) is 72.7 Å². The first kappa shape index (κ1) is 18.7. The van der Waals surface area contributed by atoms with Gasteiger partial charge < -0.3 is 4.74 Å². The van der Waals surface area contributed by atoms with Crippen LogP contribution < -0.4 is 4.90 Å². The van der Waals surface area contributed by atoms with Gasteiger partial charge in [0.05, 0.1) is 0 Å². The summed E-state index contributed by atoms with van der Waals surface area (Å²) in [5, 5.41) is 0. The monoisotopic (exact) mass is 333 g/mol. The zero-order chi connectivity index (χ0) is 17.9. The van der Waals surface area contributed by atoms with Crippen LogP contribution in [0.25, 0.3) is 0 Å². The minimum atomic E-state index is -0.519. The largest absolute Gasteiger partial charge is 0.443 e. The van der Waals surface area contributed by atoms with Crippen LogP contribution in [-0.2, 0) is 4.74 Å². The Bertz CT molecular complexity index is 549. The summed E-state index contributed by atoms with van der Waals surface area (Å²) in [7, 11) is 2.17. The number of hydrogen-bond donors (Lipinski definition) is 0. The Morgan fingerprint density at radius 1 is 1.33 bits per heavy atom. The van der Waals surface area contributed by atoms with Gasteiger partial charge in [0.1, 0.15) is 11.4 Å². The molecule has 1 fully saturated rings. The quantitative estimate of drug-likeness (QED) is 0.823. The maximum Gasteiger partial charge on any atom is 0.416 e. The Balaban J connectivity index is 2.18. The topological polar surface area (TPSA) is 45.7 Å². The number of likely N-dealkylation sites (tertiary alicyclic amines) is 1. The maximum absolute atomic E-state index is 12.5. The van der Waals surface area contributed by atoms with Crippen molar-refractivity contribution in [3.8, 4) is 0 Å². The number of aromatic nitrogens is 1. The van der Waals surface area contributed by atoms with E-state index < -0.39 is 5.60 Å². The Hall–Kier alpha value is -1.62. The van der Waals surface area contributed by atoms with Gasteiger partial charge in [0.2, 0.25) is 0 Å². The van der Waals surface area contributed by atoms with Gasteiger partial charge in [-0.1, -0.05) is 12.5 Å². The van der Waals surface area contributed by atoms with Crippen molar-refractivity contribution in [2.24, 2.45) is 0 Å². The lowest BCUT2D eigenvalue weighted by molar-refractivity contribution is 0.0569. The highest BCUT2D eigenvalue weighted by atomic mass is 16.6. The Kier molecular flexibility index (Phi) is 5.86. The van der Waals surface area contributed by atoms with Gasteiger partial charge in [0.15, 0.2) is 0 Å². The Morgan fingerprint density at radius 3 is 2.54 bits per heavy atom. The number of amides is 1. The molecule has 1 aromatic rings. The average molecular weight is 333 g/mol. The summed E-state index contributed by atoms with van der Waals surface area (Å²) in [4.78, 5) is 21.0. The summed E-state index contributed by atoms with van der Waals surface area (Å²) in [6, 6.07) is 4.43. The van der Waals surface area contributed by atoms with Crippen LogP contribution in [0.4, 0.5) is 10.6 Å². The zero-order valence-electron chi connectivity index (χ0n) is 15.9. The third kappa shape index (κ3) is 4.69. The molecular formula is C19H31N3O2.